The molecule has 1 atom stereocenters. The Labute approximate surface area is 166 Å². The number of phosphoric ester groups is 1. The summed E-state index contributed by atoms with van der Waals surface area (Å²) in [5.74, 6) is -4.06. The molecule has 0 rings (SSSR count). The molecule has 0 aliphatic rings. The van der Waals surface area contributed by atoms with Crippen molar-refractivity contribution in [2.75, 3.05) is 13.2 Å². The molecule has 1 amide bonds. The van der Waals surface area contributed by atoms with Gasteiger partial charge in [-0.05, 0) is 53.4 Å². The van der Waals surface area contributed by atoms with Crippen LogP contribution in [0.5, 0.6) is 0 Å². The Bertz CT molecular complexity index is 657. The highest BCUT2D eigenvalue weighted by Crippen LogP contribution is 2.36. The van der Waals surface area contributed by atoms with E-state index in [4.69, 9.17) is 14.9 Å². The highest BCUT2D eigenvalue weighted by atomic mass is 31.2. The van der Waals surface area contributed by atoms with Crippen LogP contribution in [0.1, 0.15) is 53.4 Å². The second-order valence-electron chi connectivity index (χ2n) is 6.88. The number of hydrogen-bond donors (Lipinski definition) is 4. The van der Waals surface area contributed by atoms with Gasteiger partial charge in [-0.1, -0.05) is 34.9 Å². The molecule has 0 spiro atoms. The number of phosphoric acid groups is 1. The van der Waals surface area contributed by atoms with Crippen LogP contribution in [0, 0.1) is 5.92 Å². The monoisotopic (exact) mass is 417 g/mol. The van der Waals surface area contributed by atoms with E-state index in [0.717, 1.165) is 31.3 Å². The first-order chi connectivity index (χ1) is 12.9. The fourth-order valence-corrected chi connectivity index (χ4v) is 2.56. The zero-order valence-corrected chi connectivity index (χ0v) is 17.9. The van der Waals surface area contributed by atoms with Gasteiger partial charge in [-0.3, -0.25) is 14.1 Å². The number of carbonyl (C=O) groups is 2. The van der Waals surface area contributed by atoms with Gasteiger partial charge < -0.3 is 20.2 Å². The van der Waals surface area contributed by atoms with Crippen molar-refractivity contribution in [2.45, 2.75) is 53.4 Å². The summed E-state index contributed by atoms with van der Waals surface area (Å²) >= 11 is 0. The average Bonchev–Trinajstić information content (AvgIpc) is 2.53. The lowest BCUT2D eigenvalue weighted by Gasteiger charge is -2.13. The molecule has 0 fully saturated rings. The van der Waals surface area contributed by atoms with Crippen molar-refractivity contribution < 1.29 is 33.6 Å². The largest absolute Gasteiger partial charge is 0.481 e. The van der Waals surface area contributed by atoms with Crippen molar-refractivity contribution in [1.29, 1.82) is 0 Å². The molecule has 0 saturated carbocycles. The zero-order valence-electron chi connectivity index (χ0n) is 17.0. The highest BCUT2D eigenvalue weighted by molar-refractivity contribution is 7.46. The Hall–Kier alpha value is -1.73. The van der Waals surface area contributed by atoms with Crippen molar-refractivity contribution in [2.24, 2.45) is 5.92 Å². The van der Waals surface area contributed by atoms with Crippen LogP contribution in [0.4, 0.5) is 0 Å². The fraction of sp³-hybridized carbons (Fsp3) is 0.579. The van der Waals surface area contributed by atoms with E-state index in [2.05, 4.69) is 42.8 Å². The third-order valence-electron chi connectivity index (χ3n) is 3.87. The van der Waals surface area contributed by atoms with E-state index in [9.17, 15) is 14.2 Å². The molecule has 0 aliphatic carbocycles. The summed E-state index contributed by atoms with van der Waals surface area (Å²) in [6.45, 7) is 7.41. The summed E-state index contributed by atoms with van der Waals surface area (Å²) in [5, 5.41) is 11.4. The van der Waals surface area contributed by atoms with Crippen LogP contribution in [-0.2, 0) is 18.7 Å². The minimum atomic E-state index is -4.84. The molecular formula is C19H32NO7P. The standard InChI is InChI=1S/C19H32NO7P/c1-14(2)7-5-8-15(3)9-6-10-16(4)11-12-20-18(21)17(19(22)23)13-27-28(24,25)26/h7,9,11,17H,5-6,8,10,12-13H2,1-4H3,(H,20,21)(H,22,23)(H2,24,25,26)/b15-9+,16-11+. The molecule has 0 aromatic carbocycles. The number of hydrogen-bond acceptors (Lipinski definition) is 4. The Morgan fingerprint density at radius 1 is 1.00 bits per heavy atom. The molecule has 8 nitrogen and oxygen atoms in total. The van der Waals surface area contributed by atoms with Crippen LogP contribution in [0.3, 0.4) is 0 Å². The normalized spacial score (nSPS) is 13.8. The van der Waals surface area contributed by atoms with Gasteiger partial charge in [0, 0.05) is 6.54 Å². The summed E-state index contributed by atoms with van der Waals surface area (Å²) in [7, 11) is -4.84. The lowest BCUT2D eigenvalue weighted by atomic mass is 10.1. The maximum Gasteiger partial charge on any atom is 0.469 e. The molecule has 4 N–H and O–H groups in total. The number of allylic oxidation sites excluding steroid dienone is 5. The lowest BCUT2D eigenvalue weighted by molar-refractivity contribution is -0.148. The van der Waals surface area contributed by atoms with Gasteiger partial charge in [0.15, 0.2) is 5.92 Å². The smallest absolute Gasteiger partial charge is 0.469 e. The fourth-order valence-electron chi connectivity index (χ4n) is 2.22. The third-order valence-corrected chi connectivity index (χ3v) is 4.36. The number of carbonyl (C=O) groups excluding carboxylic acids is 1. The molecule has 0 aromatic heterocycles. The van der Waals surface area contributed by atoms with Crippen LogP contribution >= 0.6 is 7.82 Å². The third kappa shape index (κ3) is 14.3. The van der Waals surface area contributed by atoms with Crippen LogP contribution in [0.25, 0.3) is 0 Å². The van der Waals surface area contributed by atoms with Gasteiger partial charge in [0.25, 0.3) is 0 Å². The predicted octanol–water partition coefficient (Wildman–Crippen LogP) is 3.33. The van der Waals surface area contributed by atoms with Crippen LogP contribution < -0.4 is 5.32 Å². The van der Waals surface area contributed by atoms with Crippen molar-refractivity contribution in [3.8, 4) is 0 Å². The van der Waals surface area contributed by atoms with Gasteiger partial charge in [0.1, 0.15) is 0 Å². The molecule has 28 heavy (non-hydrogen) atoms. The quantitative estimate of drug-likeness (QED) is 0.205. The molecule has 0 heterocycles. The lowest BCUT2D eigenvalue weighted by Crippen LogP contribution is -2.38. The SMILES string of the molecule is CC(C)=CCC/C(C)=C/CC/C(C)=C/CNC(=O)C(COP(=O)(O)O)C(=O)O. The van der Waals surface area contributed by atoms with Crippen LogP contribution in [0.2, 0.25) is 0 Å². The summed E-state index contributed by atoms with van der Waals surface area (Å²) < 4.78 is 14.8. The predicted molar refractivity (Wildman–Crippen MR) is 108 cm³/mol. The van der Waals surface area contributed by atoms with Gasteiger partial charge in [0.05, 0.1) is 6.61 Å². The number of amides is 1. The molecule has 1 unspecified atom stereocenters. The van der Waals surface area contributed by atoms with Crippen molar-refractivity contribution in [1.82, 2.24) is 5.32 Å². The topological polar surface area (TPSA) is 133 Å². The van der Waals surface area contributed by atoms with Gasteiger partial charge in [-0.15, -0.1) is 0 Å². The van der Waals surface area contributed by atoms with Crippen molar-refractivity contribution in [3.63, 3.8) is 0 Å². The maximum absolute atomic E-state index is 11.9. The highest BCUT2D eigenvalue weighted by Gasteiger charge is 2.29. The first-order valence-corrected chi connectivity index (χ1v) is 10.6. The van der Waals surface area contributed by atoms with Gasteiger partial charge in [0.2, 0.25) is 5.91 Å². The minimum absolute atomic E-state index is 0.133. The molecule has 0 aliphatic heterocycles. The summed E-state index contributed by atoms with van der Waals surface area (Å²) in [6, 6.07) is 0. The number of rotatable bonds is 13. The van der Waals surface area contributed by atoms with Crippen molar-refractivity contribution >= 4 is 19.7 Å². The van der Waals surface area contributed by atoms with Gasteiger partial charge in [-0.25, -0.2) is 4.57 Å². The van der Waals surface area contributed by atoms with E-state index in [1.165, 1.54) is 11.1 Å². The Morgan fingerprint density at radius 3 is 2.04 bits per heavy atom. The van der Waals surface area contributed by atoms with Gasteiger partial charge >= 0.3 is 13.8 Å². The average molecular weight is 417 g/mol. The second kappa shape index (κ2) is 13.4. The Morgan fingerprint density at radius 2 is 1.54 bits per heavy atom. The van der Waals surface area contributed by atoms with E-state index in [1.807, 2.05) is 6.92 Å². The van der Waals surface area contributed by atoms with Crippen molar-refractivity contribution in [3.05, 3.63) is 34.9 Å². The first kappa shape index (κ1) is 26.3. The number of aliphatic carboxylic acids is 1. The van der Waals surface area contributed by atoms with E-state index in [1.54, 1.807) is 6.08 Å². The molecule has 0 radical (unpaired) electrons. The summed E-state index contributed by atoms with van der Waals surface area (Å²) in [6.07, 6.45) is 9.94. The molecule has 0 saturated heterocycles. The summed E-state index contributed by atoms with van der Waals surface area (Å²) in [4.78, 5) is 40.2. The van der Waals surface area contributed by atoms with E-state index >= 15 is 0 Å². The second-order valence-corrected chi connectivity index (χ2v) is 8.12. The molecule has 9 heteroatoms. The summed E-state index contributed by atoms with van der Waals surface area (Å²) in [5.41, 5.74) is 3.69. The number of carboxylic acid groups (broad SMARTS) is 1. The Kier molecular flexibility index (Phi) is 12.6. The first-order valence-electron chi connectivity index (χ1n) is 9.07. The molecule has 0 bridgehead atoms. The molecule has 0 aromatic rings. The molecular weight excluding hydrogens is 385 g/mol. The number of nitrogens with one attached hydrogen (secondary N) is 1. The molecule has 160 valence electrons. The van der Waals surface area contributed by atoms with Crippen LogP contribution in [0.15, 0.2) is 34.9 Å². The minimum Gasteiger partial charge on any atom is -0.481 e. The van der Waals surface area contributed by atoms with Crippen LogP contribution in [-0.4, -0.2) is 39.9 Å². The zero-order chi connectivity index (χ0) is 21.7. The number of carboxylic acids is 1. The Balaban J connectivity index is 4.36. The van der Waals surface area contributed by atoms with Gasteiger partial charge in [-0.2, -0.15) is 0 Å². The maximum atomic E-state index is 11.9. The van der Waals surface area contributed by atoms with E-state index in [0.29, 0.717) is 0 Å². The van der Waals surface area contributed by atoms with E-state index in [-0.39, 0.29) is 6.54 Å². The van der Waals surface area contributed by atoms with E-state index < -0.39 is 32.2 Å².